The van der Waals surface area contributed by atoms with Gasteiger partial charge >= 0.3 is 0 Å². The van der Waals surface area contributed by atoms with Gasteiger partial charge < -0.3 is 5.32 Å². The molecule has 1 unspecified atom stereocenters. The molecule has 0 amide bonds. The highest BCUT2D eigenvalue weighted by Crippen LogP contribution is 2.28. The van der Waals surface area contributed by atoms with E-state index in [1.807, 2.05) is 6.07 Å². The molecule has 0 aliphatic rings. The van der Waals surface area contributed by atoms with Crippen LogP contribution < -0.4 is 5.32 Å². The van der Waals surface area contributed by atoms with Crippen LogP contribution in [0, 0.1) is 11.2 Å². The van der Waals surface area contributed by atoms with Crippen LogP contribution in [0.2, 0.25) is 0 Å². The molecule has 0 bridgehead atoms. The maximum absolute atomic E-state index is 13.9. The highest BCUT2D eigenvalue weighted by atomic mass is 79.9. The fourth-order valence-electron chi connectivity index (χ4n) is 2.11. The standard InChI is InChI=1S/C16H25BrFN/c1-5-9-19-15(16(3,4)6-2)11-12-10-13(17)7-8-14(12)18/h7-8,10,15,19H,5-6,9,11H2,1-4H3. The molecular weight excluding hydrogens is 305 g/mol. The van der Waals surface area contributed by atoms with Crippen LogP contribution in [-0.4, -0.2) is 12.6 Å². The third-order valence-corrected chi connectivity index (χ3v) is 4.42. The van der Waals surface area contributed by atoms with Crippen LogP contribution in [0.15, 0.2) is 22.7 Å². The Labute approximate surface area is 125 Å². The van der Waals surface area contributed by atoms with Gasteiger partial charge in [-0.05, 0) is 55.0 Å². The second-order valence-corrected chi connectivity index (χ2v) is 6.70. The molecule has 0 aliphatic heterocycles. The smallest absolute Gasteiger partial charge is 0.126 e. The molecule has 0 fully saturated rings. The van der Waals surface area contributed by atoms with Crippen molar-refractivity contribution in [2.45, 2.75) is 53.0 Å². The topological polar surface area (TPSA) is 12.0 Å². The first-order valence-electron chi connectivity index (χ1n) is 7.08. The lowest BCUT2D eigenvalue weighted by atomic mass is 9.79. The highest BCUT2D eigenvalue weighted by Gasteiger charge is 2.28. The Morgan fingerprint density at radius 3 is 2.58 bits per heavy atom. The number of nitrogens with one attached hydrogen (secondary N) is 1. The Morgan fingerprint density at radius 1 is 1.32 bits per heavy atom. The van der Waals surface area contributed by atoms with Crippen molar-refractivity contribution in [3.63, 3.8) is 0 Å². The van der Waals surface area contributed by atoms with Crippen LogP contribution >= 0.6 is 15.9 Å². The number of halogens is 2. The lowest BCUT2D eigenvalue weighted by Crippen LogP contribution is -2.43. The lowest BCUT2D eigenvalue weighted by molar-refractivity contribution is 0.229. The quantitative estimate of drug-likeness (QED) is 0.747. The molecule has 0 heterocycles. The van der Waals surface area contributed by atoms with E-state index in [-0.39, 0.29) is 11.2 Å². The first kappa shape index (κ1) is 16.6. The third kappa shape index (κ3) is 4.88. The predicted octanol–water partition coefficient (Wildman–Crippen LogP) is 4.94. The summed E-state index contributed by atoms with van der Waals surface area (Å²) in [5.41, 5.74) is 0.939. The van der Waals surface area contributed by atoms with E-state index in [0.29, 0.717) is 6.04 Å². The summed E-state index contributed by atoms with van der Waals surface area (Å²) in [5.74, 6) is -0.113. The van der Waals surface area contributed by atoms with Gasteiger partial charge in [0, 0.05) is 10.5 Å². The molecule has 108 valence electrons. The Morgan fingerprint density at radius 2 is 2.00 bits per heavy atom. The molecule has 0 aromatic heterocycles. The third-order valence-electron chi connectivity index (χ3n) is 3.93. The van der Waals surface area contributed by atoms with Crippen LogP contribution in [0.4, 0.5) is 4.39 Å². The minimum Gasteiger partial charge on any atom is -0.313 e. The van der Waals surface area contributed by atoms with E-state index in [1.165, 1.54) is 6.07 Å². The first-order valence-corrected chi connectivity index (χ1v) is 7.87. The summed E-state index contributed by atoms with van der Waals surface area (Å²) >= 11 is 3.42. The molecule has 1 nitrogen and oxygen atoms in total. The largest absolute Gasteiger partial charge is 0.313 e. The van der Waals surface area contributed by atoms with E-state index in [2.05, 4.69) is 48.9 Å². The zero-order chi connectivity index (χ0) is 14.5. The van der Waals surface area contributed by atoms with Gasteiger partial charge in [0.15, 0.2) is 0 Å². The molecule has 1 atom stereocenters. The second-order valence-electron chi connectivity index (χ2n) is 5.79. The number of rotatable bonds is 7. The molecule has 0 saturated carbocycles. The van der Waals surface area contributed by atoms with Gasteiger partial charge in [0.2, 0.25) is 0 Å². The average molecular weight is 330 g/mol. The summed E-state index contributed by atoms with van der Waals surface area (Å²) in [4.78, 5) is 0. The van der Waals surface area contributed by atoms with E-state index >= 15 is 0 Å². The first-order chi connectivity index (χ1) is 8.90. The van der Waals surface area contributed by atoms with Gasteiger partial charge in [-0.1, -0.05) is 43.6 Å². The Hall–Kier alpha value is -0.410. The average Bonchev–Trinajstić information content (AvgIpc) is 2.38. The summed E-state index contributed by atoms with van der Waals surface area (Å²) in [7, 11) is 0. The Balaban J connectivity index is 2.90. The molecular formula is C16H25BrFN. The maximum Gasteiger partial charge on any atom is 0.126 e. The van der Waals surface area contributed by atoms with Crippen LogP contribution in [0.5, 0.6) is 0 Å². The molecule has 0 spiro atoms. The van der Waals surface area contributed by atoms with Gasteiger partial charge in [-0.2, -0.15) is 0 Å². The predicted molar refractivity (Wildman–Crippen MR) is 84.0 cm³/mol. The number of hydrogen-bond acceptors (Lipinski definition) is 1. The van der Waals surface area contributed by atoms with Gasteiger partial charge in [0.25, 0.3) is 0 Å². The van der Waals surface area contributed by atoms with Crippen molar-refractivity contribution in [3.8, 4) is 0 Å². The van der Waals surface area contributed by atoms with Gasteiger partial charge in [0.05, 0.1) is 0 Å². The Kier molecular flexibility index (Phi) is 6.48. The van der Waals surface area contributed by atoms with Gasteiger partial charge in [-0.3, -0.25) is 0 Å². The van der Waals surface area contributed by atoms with Gasteiger partial charge in [-0.15, -0.1) is 0 Å². The van der Waals surface area contributed by atoms with Crippen molar-refractivity contribution in [1.29, 1.82) is 0 Å². The van der Waals surface area contributed by atoms with E-state index in [4.69, 9.17) is 0 Å². The van der Waals surface area contributed by atoms with E-state index in [0.717, 1.165) is 35.8 Å². The van der Waals surface area contributed by atoms with Crippen LogP contribution in [0.1, 0.15) is 46.1 Å². The fraction of sp³-hybridized carbons (Fsp3) is 0.625. The summed E-state index contributed by atoms with van der Waals surface area (Å²) in [5, 5.41) is 3.57. The minimum absolute atomic E-state index is 0.113. The van der Waals surface area contributed by atoms with Crippen LogP contribution in [-0.2, 0) is 6.42 Å². The zero-order valence-electron chi connectivity index (χ0n) is 12.4. The highest BCUT2D eigenvalue weighted by molar-refractivity contribution is 9.10. The normalized spacial score (nSPS) is 13.6. The summed E-state index contributed by atoms with van der Waals surface area (Å²) < 4.78 is 14.8. The molecule has 1 rings (SSSR count). The number of benzene rings is 1. The second kappa shape index (κ2) is 7.39. The molecule has 3 heteroatoms. The zero-order valence-corrected chi connectivity index (χ0v) is 14.0. The van der Waals surface area contributed by atoms with Crippen LogP contribution in [0.25, 0.3) is 0 Å². The van der Waals surface area contributed by atoms with Crippen LogP contribution in [0.3, 0.4) is 0 Å². The minimum atomic E-state index is -0.113. The summed E-state index contributed by atoms with van der Waals surface area (Å²) in [6, 6.07) is 5.47. The van der Waals surface area contributed by atoms with E-state index < -0.39 is 0 Å². The summed E-state index contributed by atoms with van der Waals surface area (Å²) in [6.07, 6.45) is 2.90. The van der Waals surface area contributed by atoms with Gasteiger partial charge in [-0.25, -0.2) is 4.39 Å². The molecule has 0 radical (unpaired) electrons. The monoisotopic (exact) mass is 329 g/mol. The molecule has 0 saturated heterocycles. The van der Waals surface area contributed by atoms with Gasteiger partial charge in [0.1, 0.15) is 5.82 Å². The van der Waals surface area contributed by atoms with Crippen molar-refractivity contribution in [2.75, 3.05) is 6.54 Å². The van der Waals surface area contributed by atoms with E-state index in [9.17, 15) is 4.39 Å². The molecule has 1 aromatic carbocycles. The Bertz CT molecular complexity index is 404. The van der Waals surface area contributed by atoms with Crippen molar-refractivity contribution in [1.82, 2.24) is 5.32 Å². The summed E-state index contributed by atoms with van der Waals surface area (Å²) in [6.45, 7) is 9.82. The molecule has 19 heavy (non-hydrogen) atoms. The maximum atomic E-state index is 13.9. The molecule has 1 N–H and O–H groups in total. The fourth-order valence-corrected chi connectivity index (χ4v) is 2.52. The SMILES string of the molecule is CCCNC(Cc1cc(Br)ccc1F)C(C)(C)CC. The van der Waals surface area contributed by atoms with Crippen molar-refractivity contribution in [3.05, 3.63) is 34.1 Å². The van der Waals surface area contributed by atoms with Crippen molar-refractivity contribution >= 4 is 15.9 Å². The lowest BCUT2D eigenvalue weighted by Gasteiger charge is -2.34. The number of hydrogen-bond donors (Lipinski definition) is 1. The van der Waals surface area contributed by atoms with Crippen molar-refractivity contribution in [2.24, 2.45) is 5.41 Å². The molecule has 0 aliphatic carbocycles. The van der Waals surface area contributed by atoms with E-state index in [1.54, 1.807) is 6.07 Å². The molecule has 1 aromatic rings. The van der Waals surface area contributed by atoms with Crippen molar-refractivity contribution < 1.29 is 4.39 Å².